The summed E-state index contributed by atoms with van der Waals surface area (Å²) in [6.45, 7) is 5.31. The quantitative estimate of drug-likeness (QED) is 0.862. The Morgan fingerprint density at radius 2 is 2.16 bits per heavy atom. The van der Waals surface area contributed by atoms with Crippen molar-refractivity contribution in [3.63, 3.8) is 0 Å². The molecule has 5 heteroatoms. The van der Waals surface area contributed by atoms with E-state index in [9.17, 15) is 9.18 Å². The van der Waals surface area contributed by atoms with Gasteiger partial charge in [-0.25, -0.2) is 4.39 Å². The molecular weight excluding hydrogens is 249 g/mol. The van der Waals surface area contributed by atoms with Gasteiger partial charge >= 0.3 is 0 Å². The van der Waals surface area contributed by atoms with Crippen LogP contribution in [0, 0.1) is 11.7 Å². The molecule has 1 amide bonds. The first kappa shape index (κ1) is 15.4. The van der Waals surface area contributed by atoms with E-state index in [0.29, 0.717) is 19.7 Å². The molecule has 0 unspecified atom stereocenters. The summed E-state index contributed by atoms with van der Waals surface area (Å²) in [5, 5.41) is 9.16. The van der Waals surface area contributed by atoms with Crippen molar-refractivity contribution in [2.75, 3.05) is 26.8 Å². The number of hydrogen-bond donors (Lipinski definition) is 1. The van der Waals surface area contributed by atoms with Crippen LogP contribution in [0.2, 0.25) is 0 Å². The molecule has 1 aromatic carbocycles. The Morgan fingerprint density at radius 1 is 1.47 bits per heavy atom. The van der Waals surface area contributed by atoms with Crippen LogP contribution in [0.5, 0.6) is 5.75 Å². The van der Waals surface area contributed by atoms with Crippen molar-refractivity contribution >= 4 is 5.91 Å². The highest BCUT2D eigenvalue weighted by Gasteiger charge is 2.20. The SMILES string of the molecule is COCCN(CC(C)C)C(=O)c1ccc(O)cc1F. The first-order chi connectivity index (χ1) is 8.95. The molecule has 0 saturated heterocycles. The number of rotatable bonds is 6. The van der Waals surface area contributed by atoms with Crippen molar-refractivity contribution in [3.05, 3.63) is 29.6 Å². The van der Waals surface area contributed by atoms with Gasteiger partial charge in [-0.05, 0) is 18.1 Å². The standard InChI is InChI=1S/C14H20FNO3/c1-10(2)9-16(6-7-19-3)14(18)12-5-4-11(17)8-13(12)15/h4-5,8,10,17H,6-7,9H2,1-3H3. The molecule has 0 fully saturated rings. The predicted octanol–water partition coefficient (Wildman–Crippen LogP) is 2.28. The van der Waals surface area contributed by atoms with Gasteiger partial charge in [0.15, 0.2) is 0 Å². The van der Waals surface area contributed by atoms with E-state index in [2.05, 4.69) is 0 Å². The van der Waals surface area contributed by atoms with Crippen molar-refractivity contribution in [1.29, 1.82) is 0 Å². The van der Waals surface area contributed by atoms with Gasteiger partial charge < -0.3 is 14.7 Å². The van der Waals surface area contributed by atoms with Gasteiger partial charge in [-0.1, -0.05) is 13.8 Å². The monoisotopic (exact) mass is 269 g/mol. The molecule has 1 aromatic rings. The number of nitrogens with zero attached hydrogens (tertiary/aromatic N) is 1. The molecule has 0 heterocycles. The number of hydrogen-bond acceptors (Lipinski definition) is 3. The Morgan fingerprint density at radius 3 is 2.68 bits per heavy atom. The van der Waals surface area contributed by atoms with Crippen LogP contribution in [0.1, 0.15) is 24.2 Å². The fourth-order valence-electron chi connectivity index (χ4n) is 1.77. The number of ether oxygens (including phenoxy) is 1. The Labute approximate surface area is 112 Å². The number of carbonyl (C=O) groups excluding carboxylic acids is 1. The van der Waals surface area contributed by atoms with E-state index in [4.69, 9.17) is 9.84 Å². The lowest BCUT2D eigenvalue weighted by Crippen LogP contribution is -2.37. The van der Waals surface area contributed by atoms with Crippen LogP contribution in [-0.4, -0.2) is 42.7 Å². The summed E-state index contributed by atoms with van der Waals surface area (Å²) in [7, 11) is 1.55. The fourth-order valence-corrected chi connectivity index (χ4v) is 1.77. The second-order valence-electron chi connectivity index (χ2n) is 4.80. The van der Waals surface area contributed by atoms with Crippen LogP contribution in [-0.2, 0) is 4.74 Å². The number of phenols is 1. The number of phenolic OH excluding ortho intramolecular Hbond substituents is 1. The lowest BCUT2D eigenvalue weighted by molar-refractivity contribution is 0.0667. The summed E-state index contributed by atoms with van der Waals surface area (Å²) in [6.07, 6.45) is 0. The van der Waals surface area contributed by atoms with Gasteiger partial charge in [0.25, 0.3) is 5.91 Å². The first-order valence-corrected chi connectivity index (χ1v) is 6.22. The molecule has 19 heavy (non-hydrogen) atoms. The van der Waals surface area contributed by atoms with Crippen LogP contribution in [0.3, 0.4) is 0 Å². The molecule has 1 rings (SSSR count). The minimum Gasteiger partial charge on any atom is -0.508 e. The molecular formula is C14H20FNO3. The summed E-state index contributed by atoms with van der Waals surface area (Å²) in [4.78, 5) is 13.8. The van der Waals surface area contributed by atoms with Crippen molar-refractivity contribution in [2.45, 2.75) is 13.8 Å². The second-order valence-corrected chi connectivity index (χ2v) is 4.80. The normalized spacial score (nSPS) is 10.8. The zero-order valence-electron chi connectivity index (χ0n) is 11.5. The number of amides is 1. The van der Waals surface area contributed by atoms with Crippen molar-refractivity contribution in [3.8, 4) is 5.75 Å². The van der Waals surface area contributed by atoms with Crippen LogP contribution < -0.4 is 0 Å². The molecule has 0 saturated carbocycles. The topological polar surface area (TPSA) is 49.8 Å². The molecule has 0 aliphatic carbocycles. The molecule has 106 valence electrons. The number of carbonyl (C=O) groups is 1. The largest absolute Gasteiger partial charge is 0.508 e. The average Bonchev–Trinajstić information content (AvgIpc) is 2.33. The van der Waals surface area contributed by atoms with Gasteiger partial charge in [-0.2, -0.15) is 0 Å². The average molecular weight is 269 g/mol. The summed E-state index contributed by atoms with van der Waals surface area (Å²) in [5.74, 6) is -1.01. The number of benzene rings is 1. The molecule has 1 N–H and O–H groups in total. The Kier molecular flexibility index (Phi) is 5.76. The van der Waals surface area contributed by atoms with Crippen LogP contribution >= 0.6 is 0 Å². The lowest BCUT2D eigenvalue weighted by atomic mass is 10.1. The van der Waals surface area contributed by atoms with Gasteiger partial charge in [0.2, 0.25) is 0 Å². The van der Waals surface area contributed by atoms with Crippen LogP contribution in [0.25, 0.3) is 0 Å². The van der Waals surface area contributed by atoms with E-state index in [1.54, 1.807) is 12.0 Å². The third kappa shape index (κ3) is 4.52. The molecule has 0 aromatic heterocycles. The van der Waals surface area contributed by atoms with E-state index >= 15 is 0 Å². The smallest absolute Gasteiger partial charge is 0.256 e. The molecule has 0 bridgehead atoms. The minimum absolute atomic E-state index is 0.0328. The van der Waals surface area contributed by atoms with Gasteiger partial charge in [0.05, 0.1) is 12.2 Å². The molecule has 4 nitrogen and oxygen atoms in total. The highest BCUT2D eigenvalue weighted by molar-refractivity contribution is 5.94. The van der Waals surface area contributed by atoms with Crippen LogP contribution in [0.4, 0.5) is 4.39 Å². The maximum atomic E-state index is 13.7. The van der Waals surface area contributed by atoms with Crippen molar-refractivity contribution < 1.29 is 19.0 Å². The van der Waals surface area contributed by atoms with Crippen LogP contribution in [0.15, 0.2) is 18.2 Å². The third-order valence-electron chi connectivity index (χ3n) is 2.62. The summed E-state index contributed by atoms with van der Waals surface area (Å²) >= 11 is 0. The van der Waals surface area contributed by atoms with E-state index in [1.807, 2.05) is 13.8 Å². The molecule has 0 spiro atoms. The Bertz CT molecular complexity index is 435. The Balaban J connectivity index is 2.90. The van der Waals surface area contributed by atoms with E-state index in [1.165, 1.54) is 12.1 Å². The van der Waals surface area contributed by atoms with Gasteiger partial charge in [0.1, 0.15) is 11.6 Å². The van der Waals surface area contributed by atoms with Gasteiger partial charge in [0, 0.05) is 26.3 Å². The maximum absolute atomic E-state index is 13.7. The van der Waals surface area contributed by atoms with Gasteiger partial charge in [-0.3, -0.25) is 4.79 Å². The number of halogens is 1. The molecule has 0 aliphatic heterocycles. The predicted molar refractivity (Wildman–Crippen MR) is 70.7 cm³/mol. The van der Waals surface area contributed by atoms with Gasteiger partial charge in [-0.15, -0.1) is 0 Å². The van der Waals surface area contributed by atoms with E-state index in [0.717, 1.165) is 6.07 Å². The molecule has 0 atom stereocenters. The first-order valence-electron chi connectivity index (χ1n) is 6.22. The Hall–Kier alpha value is -1.62. The third-order valence-corrected chi connectivity index (χ3v) is 2.62. The van der Waals surface area contributed by atoms with E-state index < -0.39 is 5.82 Å². The fraction of sp³-hybridized carbons (Fsp3) is 0.500. The summed E-state index contributed by atoms with van der Waals surface area (Å²) < 4.78 is 18.6. The maximum Gasteiger partial charge on any atom is 0.256 e. The van der Waals surface area contributed by atoms with E-state index in [-0.39, 0.29) is 23.1 Å². The molecule has 0 aliphatic rings. The molecule has 0 radical (unpaired) electrons. The summed E-state index contributed by atoms with van der Waals surface area (Å²) in [6, 6.07) is 3.55. The summed E-state index contributed by atoms with van der Waals surface area (Å²) in [5.41, 5.74) is -0.0328. The number of aromatic hydroxyl groups is 1. The zero-order valence-corrected chi connectivity index (χ0v) is 11.5. The minimum atomic E-state index is -0.712. The lowest BCUT2D eigenvalue weighted by Gasteiger charge is -2.24. The second kappa shape index (κ2) is 7.09. The highest BCUT2D eigenvalue weighted by Crippen LogP contribution is 2.17. The zero-order chi connectivity index (χ0) is 14.4. The van der Waals surface area contributed by atoms with Crippen molar-refractivity contribution in [2.24, 2.45) is 5.92 Å². The highest BCUT2D eigenvalue weighted by atomic mass is 19.1. The number of methoxy groups -OCH3 is 1. The van der Waals surface area contributed by atoms with Crippen molar-refractivity contribution in [1.82, 2.24) is 4.90 Å².